The topological polar surface area (TPSA) is 169 Å². The van der Waals surface area contributed by atoms with Gasteiger partial charge in [-0.25, -0.2) is 9.36 Å². The molecule has 0 aromatic carbocycles. The normalized spacial score (nSPS) is 13.8. The van der Waals surface area contributed by atoms with Crippen molar-refractivity contribution >= 4 is 25.7 Å². The van der Waals surface area contributed by atoms with Crippen molar-refractivity contribution in [1.29, 1.82) is 0 Å². The molecule has 0 radical (unpaired) electrons. The fourth-order valence-corrected chi connectivity index (χ4v) is 6.50. The van der Waals surface area contributed by atoms with E-state index < -0.39 is 57.6 Å². The van der Waals surface area contributed by atoms with Crippen LogP contribution in [0.4, 0.5) is 0 Å². The zero-order chi connectivity index (χ0) is 37.1. The van der Waals surface area contributed by atoms with Crippen molar-refractivity contribution in [1.82, 2.24) is 5.32 Å². The number of amides is 1. The Morgan fingerprint density at radius 1 is 0.560 bits per heavy atom. The molecular formula is C38H74NO10P. The van der Waals surface area contributed by atoms with Crippen LogP contribution in [0.1, 0.15) is 194 Å². The lowest BCUT2D eigenvalue weighted by atomic mass is 10.0. The van der Waals surface area contributed by atoms with Gasteiger partial charge in [0, 0.05) is 12.8 Å². The van der Waals surface area contributed by atoms with Crippen molar-refractivity contribution in [2.24, 2.45) is 0 Å². The second kappa shape index (κ2) is 34.6. The maximum atomic E-state index is 12.2. The molecule has 0 heterocycles. The lowest BCUT2D eigenvalue weighted by Gasteiger charge is -2.18. The van der Waals surface area contributed by atoms with E-state index in [0.29, 0.717) is 12.8 Å². The van der Waals surface area contributed by atoms with Crippen molar-refractivity contribution in [3.8, 4) is 0 Å². The first-order chi connectivity index (χ1) is 24.1. The Balaban J connectivity index is 3.92. The van der Waals surface area contributed by atoms with E-state index >= 15 is 0 Å². The molecule has 4 N–H and O–H groups in total. The number of carbonyl (C=O) groups excluding carboxylic acids is 2. The van der Waals surface area contributed by atoms with Crippen molar-refractivity contribution in [2.45, 2.75) is 206 Å². The average Bonchev–Trinajstić information content (AvgIpc) is 3.08. The largest absolute Gasteiger partial charge is 0.480 e. The number of aliphatic hydroxyl groups excluding tert-OH is 1. The number of phosphoric acid groups is 1. The molecule has 0 saturated carbocycles. The molecule has 0 saturated heterocycles. The molecule has 0 fully saturated rings. The summed E-state index contributed by atoms with van der Waals surface area (Å²) in [5.41, 5.74) is 0. The molecule has 0 aliphatic heterocycles. The number of unbranched alkanes of at least 4 members (excludes halogenated alkanes) is 24. The Morgan fingerprint density at radius 2 is 0.920 bits per heavy atom. The Bertz CT molecular complexity index is 875. The number of aliphatic carboxylic acids is 1. The summed E-state index contributed by atoms with van der Waals surface area (Å²) in [5.74, 6) is -2.36. The van der Waals surface area contributed by atoms with E-state index in [2.05, 4.69) is 19.2 Å². The number of hydrogen-bond acceptors (Lipinski definition) is 8. The van der Waals surface area contributed by atoms with Gasteiger partial charge in [-0.2, -0.15) is 0 Å². The van der Waals surface area contributed by atoms with Gasteiger partial charge in [-0.15, -0.1) is 0 Å². The van der Waals surface area contributed by atoms with Gasteiger partial charge in [-0.1, -0.05) is 168 Å². The van der Waals surface area contributed by atoms with Crippen LogP contribution in [0, 0.1) is 0 Å². The third-order valence-corrected chi connectivity index (χ3v) is 9.85. The Kier molecular flexibility index (Phi) is 33.5. The molecule has 296 valence electrons. The first-order valence-corrected chi connectivity index (χ1v) is 21.6. The molecule has 0 aliphatic carbocycles. The predicted octanol–water partition coefficient (Wildman–Crippen LogP) is 9.56. The van der Waals surface area contributed by atoms with Crippen molar-refractivity contribution in [2.75, 3.05) is 19.8 Å². The highest BCUT2D eigenvalue weighted by molar-refractivity contribution is 7.47. The van der Waals surface area contributed by atoms with Crippen LogP contribution in [0.25, 0.3) is 0 Å². The molecule has 3 atom stereocenters. The zero-order valence-corrected chi connectivity index (χ0v) is 32.6. The van der Waals surface area contributed by atoms with Gasteiger partial charge >= 0.3 is 19.8 Å². The fraction of sp³-hybridized carbons (Fsp3) is 0.921. The molecule has 0 rings (SSSR count). The number of carboxylic acid groups (broad SMARTS) is 1. The van der Waals surface area contributed by atoms with Gasteiger partial charge in [-0.05, 0) is 12.8 Å². The summed E-state index contributed by atoms with van der Waals surface area (Å²) in [7, 11) is -4.74. The van der Waals surface area contributed by atoms with E-state index in [4.69, 9.17) is 13.8 Å². The van der Waals surface area contributed by atoms with E-state index in [0.717, 1.165) is 38.5 Å². The molecule has 0 aromatic heterocycles. The van der Waals surface area contributed by atoms with Crippen LogP contribution in [0.3, 0.4) is 0 Å². The molecule has 1 amide bonds. The van der Waals surface area contributed by atoms with Gasteiger partial charge in [0.1, 0.15) is 12.7 Å². The minimum absolute atomic E-state index is 0.152. The molecule has 0 spiro atoms. The van der Waals surface area contributed by atoms with Gasteiger partial charge in [0.05, 0.1) is 13.2 Å². The smallest absolute Gasteiger partial charge is 0.472 e. The molecule has 12 heteroatoms. The highest BCUT2D eigenvalue weighted by Gasteiger charge is 2.28. The number of ether oxygens (including phenoxy) is 1. The third kappa shape index (κ3) is 33.6. The zero-order valence-electron chi connectivity index (χ0n) is 31.7. The van der Waals surface area contributed by atoms with Crippen LogP contribution in [0.5, 0.6) is 0 Å². The molecule has 11 nitrogen and oxygen atoms in total. The summed E-state index contributed by atoms with van der Waals surface area (Å²) in [5, 5.41) is 21.7. The van der Waals surface area contributed by atoms with E-state index in [-0.39, 0.29) is 12.8 Å². The number of nitrogens with one attached hydrogen (secondary N) is 1. The Hall–Kier alpha value is -1.52. The van der Waals surface area contributed by atoms with Gasteiger partial charge in [0.2, 0.25) is 5.91 Å². The quantitative estimate of drug-likeness (QED) is 0.0272. The molecule has 0 bridgehead atoms. The van der Waals surface area contributed by atoms with Gasteiger partial charge in [0.25, 0.3) is 0 Å². The van der Waals surface area contributed by atoms with Crippen molar-refractivity contribution in [3.63, 3.8) is 0 Å². The molecule has 3 unspecified atom stereocenters. The SMILES string of the molecule is CCCCCCCCCCCCCCCC(=O)NC(COP(=O)(O)OCC(O)COC(=O)CCCCCCCCCCCCCCC)C(=O)O. The van der Waals surface area contributed by atoms with Crippen molar-refractivity contribution in [3.05, 3.63) is 0 Å². The third-order valence-electron chi connectivity index (χ3n) is 8.90. The molecule has 50 heavy (non-hydrogen) atoms. The second-order valence-electron chi connectivity index (χ2n) is 13.8. The monoisotopic (exact) mass is 736 g/mol. The maximum Gasteiger partial charge on any atom is 0.472 e. The summed E-state index contributed by atoms with van der Waals surface area (Å²) in [6.07, 6.45) is 29.8. The first kappa shape index (κ1) is 48.5. The van der Waals surface area contributed by atoms with Gasteiger partial charge in [-0.3, -0.25) is 18.6 Å². The molecule has 0 aliphatic rings. The van der Waals surface area contributed by atoms with E-state index in [1.165, 1.54) is 116 Å². The van der Waals surface area contributed by atoms with E-state index in [1.807, 2.05) is 0 Å². The van der Waals surface area contributed by atoms with Crippen molar-refractivity contribution < 1.29 is 47.8 Å². The summed E-state index contributed by atoms with van der Waals surface area (Å²) in [6.45, 7) is 2.59. The summed E-state index contributed by atoms with van der Waals surface area (Å²) in [4.78, 5) is 45.7. The standard InChI is InChI=1S/C38H74NO10P/c1-3-5-7-9-11-13-15-17-19-21-23-25-27-29-36(41)39-35(38(43)44)33-49-50(45,46)48-32-34(40)31-47-37(42)30-28-26-24-22-20-18-16-14-12-10-8-6-4-2/h34-35,40H,3-33H2,1-2H3,(H,39,41)(H,43,44)(H,45,46). The van der Waals surface area contributed by atoms with Crippen LogP contribution >= 0.6 is 7.82 Å². The summed E-state index contributed by atoms with van der Waals surface area (Å²) < 4.78 is 26.7. The van der Waals surface area contributed by atoms with Crippen LogP contribution < -0.4 is 5.32 Å². The number of carboxylic acids is 1. The minimum atomic E-state index is -4.74. The number of phosphoric ester groups is 1. The highest BCUT2D eigenvalue weighted by atomic mass is 31.2. The summed E-state index contributed by atoms with van der Waals surface area (Å²) >= 11 is 0. The second-order valence-corrected chi connectivity index (χ2v) is 15.3. The predicted molar refractivity (Wildman–Crippen MR) is 199 cm³/mol. The molecular weight excluding hydrogens is 661 g/mol. The van der Waals surface area contributed by atoms with Gasteiger partial charge < -0.3 is 25.2 Å². The molecule has 0 aromatic rings. The highest BCUT2D eigenvalue weighted by Crippen LogP contribution is 2.43. The first-order valence-electron chi connectivity index (χ1n) is 20.1. The van der Waals surface area contributed by atoms with Crippen LogP contribution in [0.2, 0.25) is 0 Å². The van der Waals surface area contributed by atoms with Crippen LogP contribution in [0.15, 0.2) is 0 Å². The van der Waals surface area contributed by atoms with E-state index in [9.17, 15) is 34.1 Å². The fourth-order valence-electron chi connectivity index (χ4n) is 5.73. The van der Waals surface area contributed by atoms with E-state index in [1.54, 1.807) is 0 Å². The number of esters is 1. The van der Waals surface area contributed by atoms with Gasteiger partial charge in [0.15, 0.2) is 6.04 Å². The number of hydrogen-bond donors (Lipinski definition) is 4. The minimum Gasteiger partial charge on any atom is -0.480 e. The number of carbonyl (C=O) groups is 3. The average molecular weight is 736 g/mol. The van der Waals surface area contributed by atoms with Crippen LogP contribution in [-0.4, -0.2) is 64.9 Å². The van der Waals surface area contributed by atoms with Crippen LogP contribution in [-0.2, 0) is 32.7 Å². The number of aliphatic hydroxyl groups is 1. The lowest BCUT2D eigenvalue weighted by molar-refractivity contribution is -0.147. The summed E-state index contributed by atoms with van der Waals surface area (Å²) in [6, 6.07) is -1.54. The Morgan fingerprint density at radius 3 is 1.32 bits per heavy atom. The lowest BCUT2D eigenvalue weighted by Crippen LogP contribution is -2.43. The number of rotatable bonds is 38. The Labute approximate surface area is 304 Å². The maximum absolute atomic E-state index is 12.2.